The van der Waals surface area contributed by atoms with Crippen LogP contribution in [0.1, 0.15) is 44.5 Å². The lowest BCUT2D eigenvalue weighted by Crippen LogP contribution is -2.42. The fourth-order valence-electron chi connectivity index (χ4n) is 3.23. The number of nitrogens with one attached hydrogen (secondary N) is 1. The van der Waals surface area contributed by atoms with E-state index in [1.54, 1.807) is 11.1 Å². The minimum atomic E-state index is -0.978. The first-order valence-electron chi connectivity index (χ1n) is 8.49. The van der Waals surface area contributed by atoms with E-state index in [0.717, 1.165) is 30.8 Å². The molecule has 25 heavy (non-hydrogen) atoms. The van der Waals surface area contributed by atoms with Crippen molar-refractivity contribution in [2.24, 2.45) is 0 Å². The van der Waals surface area contributed by atoms with Gasteiger partial charge in [0.15, 0.2) is 11.6 Å². The van der Waals surface area contributed by atoms with Gasteiger partial charge in [0.05, 0.1) is 0 Å². The lowest BCUT2D eigenvalue weighted by Gasteiger charge is -2.33. The molecule has 1 aliphatic rings. The molecule has 1 aromatic carbocycles. The van der Waals surface area contributed by atoms with Crippen molar-refractivity contribution in [3.05, 3.63) is 48.1 Å². The van der Waals surface area contributed by atoms with E-state index in [9.17, 15) is 13.6 Å². The van der Waals surface area contributed by atoms with E-state index in [1.807, 2.05) is 6.20 Å². The van der Waals surface area contributed by atoms with Gasteiger partial charge in [-0.25, -0.2) is 18.6 Å². The molecule has 7 heteroatoms. The van der Waals surface area contributed by atoms with E-state index >= 15 is 0 Å². The van der Waals surface area contributed by atoms with Crippen LogP contribution in [0.5, 0.6) is 0 Å². The number of benzene rings is 1. The molecule has 1 N–H and O–H groups in total. The normalized spacial score (nSPS) is 17.8. The Morgan fingerprint density at radius 2 is 2.12 bits per heavy atom. The number of likely N-dealkylation sites (tertiary alicyclic amines) is 1. The summed E-state index contributed by atoms with van der Waals surface area (Å²) < 4.78 is 28.4. The van der Waals surface area contributed by atoms with Gasteiger partial charge in [-0.1, -0.05) is 0 Å². The molecule has 1 saturated heterocycles. The highest BCUT2D eigenvalue weighted by Gasteiger charge is 2.28. The maximum absolute atomic E-state index is 13.3. The molecule has 1 aliphatic heterocycles. The zero-order valence-electron chi connectivity index (χ0n) is 14.4. The van der Waals surface area contributed by atoms with Crippen LogP contribution in [-0.4, -0.2) is 33.6 Å². The summed E-state index contributed by atoms with van der Waals surface area (Å²) in [5.74, 6) is -0.757. The summed E-state index contributed by atoms with van der Waals surface area (Å²) in [6.07, 6.45) is 5.59. The van der Waals surface area contributed by atoms with E-state index in [-0.39, 0.29) is 17.6 Å². The average molecular weight is 348 g/mol. The molecular formula is C18H22F2N4O. The lowest BCUT2D eigenvalue weighted by molar-refractivity contribution is 0.190. The van der Waals surface area contributed by atoms with Crippen LogP contribution in [0.4, 0.5) is 19.3 Å². The standard InChI is InChI=1S/C18H22F2N4O/c1-12(2)24-9-7-21-17(24)13-4-3-8-23(11-13)18(25)22-14-5-6-15(19)16(20)10-14/h5-7,9-10,12-13H,3-4,8,11H2,1-2H3,(H,22,25)/t13-/m0/s1. The number of piperidine rings is 1. The van der Waals surface area contributed by atoms with Gasteiger partial charge in [-0.05, 0) is 38.8 Å². The molecule has 1 aromatic heterocycles. The maximum Gasteiger partial charge on any atom is 0.321 e. The number of imidazole rings is 1. The second kappa shape index (κ2) is 7.21. The van der Waals surface area contributed by atoms with Gasteiger partial charge >= 0.3 is 6.03 Å². The van der Waals surface area contributed by atoms with Gasteiger partial charge in [-0.2, -0.15) is 0 Å². The van der Waals surface area contributed by atoms with Crippen LogP contribution >= 0.6 is 0 Å². The number of amides is 2. The quantitative estimate of drug-likeness (QED) is 0.906. The highest BCUT2D eigenvalue weighted by molar-refractivity contribution is 5.89. The monoisotopic (exact) mass is 348 g/mol. The molecule has 2 amide bonds. The molecule has 0 unspecified atom stereocenters. The van der Waals surface area contributed by atoms with Gasteiger partial charge in [0.2, 0.25) is 0 Å². The fourth-order valence-corrected chi connectivity index (χ4v) is 3.23. The van der Waals surface area contributed by atoms with Crippen LogP contribution in [0.2, 0.25) is 0 Å². The van der Waals surface area contributed by atoms with Crippen molar-refractivity contribution in [1.82, 2.24) is 14.5 Å². The van der Waals surface area contributed by atoms with Crippen LogP contribution in [0.3, 0.4) is 0 Å². The van der Waals surface area contributed by atoms with Crippen molar-refractivity contribution >= 4 is 11.7 Å². The number of hydrogen-bond donors (Lipinski definition) is 1. The number of carbonyl (C=O) groups excluding carboxylic acids is 1. The van der Waals surface area contributed by atoms with Crippen LogP contribution < -0.4 is 5.32 Å². The second-order valence-corrected chi connectivity index (χ2v) is 6.63. The Morgan fingerprint density at radius 3 is 2.84 bits per heavy atom. The number of nitrogens with zero attached hydrogens (tertiary/aromatic N) is 3. The zero-order valence-corrected chi connectivity index (χ0v) is 14.4. The van der Waals surface area contributed by atoms with Gasteiger partial charge < -0.3 is 14.8 Å². The molecule has 0 spiro atoms. The van der Waals surface area contributed by atoms with Crippen molar-refractivity contribution in [3.63, 3.8) is 0 Å². The summed E-state index contributed by atoms with van der Waals surface area (Å²) in [4.78, 5) is 18.6. The SMILES string of the molecule is CC(C)n1ccnc1[C@H]1CCCN(C(=O)Nc2ccc(F)c(F)c2)C1. The Hall–Kier alpha value is -2.44. The van der Waals surface area contributed by atoms with Gasteiger partial charge in [0.25, 0.3) is 0 Å². The van der Waals surface area contributed by atoms with Gasteiger partial charge in [0, 0.05) is 49.2 Å². The summed E-state index contributed by atoms with van der Waals surface area (Å²) in [6, 6.07) is 3.34. The number of rotatable bonds is 3. The molecule has 1 fully saturated rings. The van der Waals surface area contributed by atoms with Crippen molar-refractivity contribution in [3.8, 4) is 0 Å². The number of urea groups is 1. The first-order valence-corrected chi connectivity index (χ1v) is 8.49. The molecule has 3 rings (SSSR count). The van der Waals surface area contributed by atoms with Gasteiger partial charge in [-0.3, -0.25) is 0 Å². The number of aromatic nitrogens is 2. The minimum Gasteiger partial charge on any atom is -0.332 e. The van der Waals surface area contributed by atoms with Crippen molar-refractivity contribution in [2.75, 3.05) is 18.4 Å². The molecule has 2 heterocycles. The molecule has 2 aromatic rings. The Bertz CT molecular complexity index is 759. The van der Waals surface area contributed by atoms with E-state index < -0.39 is 11.6 Å². The maximum atomic E-state index is 13.3. The molecular weight excluding hydrogens is 326 g/mol. The lowest BCUT2D eigenvalue weighted by atomic mass is 9.97. The highest BCUT2D eigenvalue weighted by atomic mass is 19.2. The largest absolute Gasteiger partial charge is 0.332 e. The first-order chi connectivity index (χ1) is 12.0. The molecule has 5 nitrogen and oxygen atoms in total. The van der Waals surface area contributed by atoms with E-state index in [0.29, 0.717) is 19.1 Å². The molecule has 0 saturated carbocycles. The highest BCUT2D eigenvalue weighted by Crippen LogP contribution is 2.28. The van der Waals surface area contributed by atoms with Gasteiger partial charge in [-0.15, -0.1) is 0 Å². The van der Waals surface area contributed by atoms with Crippen LogP contribution in [0, 0.1) is 11.6 Å². The molecule has 1 atom stereocenters. The molecule has 0 bridgehead atoms. The topological polar surface area (TPSA) is 50.2 Å². The third-order valence-electron chi connectivity index (χ3n) is 4.50. The minimum absolute atomic E-state index is 0.168. The van der Waals surface area contributed by atoms with E-state index in [2.05, 4.69) is 28.7 Å². The predicted molar refractivity (Wildman–Crippen MR) is 91.5 cm³/mol. The third kappa shape index (κ3) is 3.81. The fraction of sp³-hybridized carbons (Fsp3) is 0.444. The number of anilines is 1. The predicted octanol–water partition coefficient (Wildman–Crippen LogP) is 4.15. The number of halogens is 2. The van der Waals surface area contributed by atoms with Gasteiger partial charge in [0.1, 0.15) is 5.82 Å². The smallest absolute Gasteiger partial charge is 0.321 e. The van der Waals surface area contributed by atoms with Crippen LogP contribution in [-0.2, 0) is 0 Å². The second-order valence-electron chi connectivity index (χ2n) is 6.63. The molecule has 134 valence electrons. The Morgan fingerprint density at radius 1 is 1.32 bits per heavy atom. The number of hydrogen-bond acceptors (Lipinski definition) is 2. The summed E-state index contributed by atoms with van der Waals surface area (Å²) in [6.45, 7) is 5.39. The van der Waals surface area contributed by atoms with E-state index in [1.165, 1.54) is 6.07 Å². The van der Waals surface area contributed by atoms with Crippen molar-refractivity contribution in [1.29, 1.82) is 0 Å². The molecule has 0 radical (unpaired) electrons. The Balaban J connectivity index is 1.69. The van der Waals surface area contributed by atoms with E-state index in [4.69, 9.17) is 0 Å². The number of carbonyl (C=O) groups is 1. The average Bonchev–Trinajstić information content (AvgIpc) is 3.08. The first kappa shape index (κ1) is 17.4. The van der Waals surface area contributed by atoms with Crippen LogP contribution in [0.25, 0.3) is 0 Å². The summed E-state index contributed by atoms with van der Waals surface area (Å²) in [7, 11) is 0. The Labute approximate surface area is 145 Å². The van der Waals surface area contributed by atoms with Crippen molar-refractivity contribution in [2.45, 2.75) is 38.6 Å². The summed E-state index contributed by atoms with van der Waals surface area (Å²) in [5.41, 5.74) is 0.245. The van der Waals surface area contributed by atoms with Crippen LogP contribution in [0.15, 0.2) is 30.6 Å². The third-order valence-corrected chi connectivity index (χ3v) is 4.50. The zero-order chi connectivity index (χ0) is 18.0. The molecule has 0 aliphatic carbocycles. The summed E-state index contributed by atoms with van der Waals surface area (Å²) >= 11 is 0. The summed E-state index contributed by atoms with van der Waals surface area (Å²) in [5, 5.41) is 2.64. The Kier molecular flexibility index (Phi) is 5.01. The van der Waals surface area contributed by atoms with Crippen molar-refractivity contribution < 1.29 is 13.6 Å².